The Kier molecular flexibility index (Phi) is 12.2. The van der Waals surface area contributed by atoms with E-state index in [0.29, 0.717) is 24.8 Å². The van der Waals surface area contributed by atoms with Gasteiger partial charge < -0.3 is 15.4 Å². The third-order valence-electron chi connectivity index (χ3n) is 4.06. The lowest BCUT2D eigenvalue weighted by molar-refractivity contribution is 0.215. The molecule has 2 unspecified atom stereocenters. The molecule has 2 N–H and O–H groups in total. The van der Waals surface area contributed by atoms with Gasteiger partial charge in [0.15, 0.2) is 5.96 Å². The summed E-state index contributed by atoms with van der Waals surface area (Å²) in [5, 5.41) is 6.54. The highest BCUT2D eigenvalue weighted by Crippen LogP contribution is 2.22. The number of nitrogens with one attached hydrogen (secondary N) is 2. The second-order valence-electron chi connectivity index (χ2n) is 7.46. The summed E-state index contributed by atoms with van der Waals surface area (Å²) in [5.41, 5.74) is 2.27. The Labute approximate surface area is 184 Å². The first-order chi connectivity index (χ1) is 12.2. The number of hydrogen-bond acceptors (Lipinski definition) is 3. The summed E-state index contributed by atoms with van der Waals surface area (Å²) in [6, 6.07) is 6.25. The van der Waals surface area contributed by atoms with E-state index in [1.165, 1.54) is 5.56 Å². The standard InChI is InChI=1S/C20H35N3O2S.HI/c1-8-16(3)25-18-13-15(2)9-10-17(18)14-23-19(21-7)22-11-12-26(24)20(4,5)6;/h9-10,13,16H,8,11-12,14H2,1-7H3,(H2,21,22,23);1H. The van der Waals surface area contributed by atoms with E-state index in [1.807, 2.05) is 20.8 Å². The quantitative estimate of drug-likeness (QED) is 0.316. The second kappa shape index (κ2) is 12.6. The van der Waals surface area contributed by atoms with Crippen molar-refractivity contribution in [1.82, 2.24) is 10.6 Å². The summed E-state index contributed by atoms with van der Waals surface area (Å²) >= 11 is 0. The molecule has 1 aromatic rings. The molecule has 7 heteroatoms. The summed E-state index contributed by atoms with van der Waals surface area (Å²) in [5.74, 6) is 2.21. The van der Waals surface area contributed by atoms with Gasteiger partial charge in [-0.2, -0.15) is 0 Å². The fourth-order valence-corrected chi connectivity index (χ4v) is 3.09. The molecular weight excluding hydrogens is 473 g/mol. The maximum absolute atomic E-state index is 12.1. The van der Waals surface area contributed by atoms with Gasteiger partial charge in [-0.15, -0.1) is 24.0 Å². The van der Waals surface area contributed by atoms with E-state index in [9.17, 15) is 4.21 Å². The van der Waals surface area contributed by atoms with Crippen molar-refractivity contribution in [3.63, 3.8) is 0 Å². The van der Waals surface area contributed by atoms with Crippen molar-refractivity contribution in [1.29, 1.82) is 0 Å². The van der Waals surface area contributed by atoms with Crippen molar-refractivity contribution in [3.05, 3.63) is 29.3 Å². The molecule has 0 bridgehead atoms. The molecule has 0 radical (unpaired) electrons. The maximum Gasteiger partial charge on any atom is 0.191 e. The Bertz CT molecular complexity index is 630. The minimum Gasteiger partial charge on any atom is -0.490 e. The molecule has 0 aromatic heterocycles. The summed E-state index contributed by atoms with van der Waals surface area (Å²) < 4.78 is 18.0. The molecule has 0 fully saturated rings. The van der Waals surface area contributed by atoms with Gasteiger partial charge in [-0.3, -0.25) is 9.20 Å². The zero-order valence-corrected chi connectivity index (χ0v) is 20.9. The van der Waals surface area contributed by atoms with Crippen LogP contribution < -0.4 is 15.4 Å². The Morgan fingerprint density at radius 1 is 1.30 bits per heavy atom. The summed E-state index contributed by atoms with van der Waals surface area (Å²) in [4.78, 5) is 4.24. The molecule has 0 amide bonds. The number of aryl methyl sites for hydroxylation is 1. The lowest BCUT2D eigenvalue weighted by atomic mass is 10.1. The Morgan fingerprint density at radius 3 is 2.52 bits per heavy atom. The van der Waals surface area contributed by atoms with E-state index < -0.39 is 10.8 Å². The van der Waals surface area contributed by atoms with Gasteiger partial charge in [0, 0.05) is 47.0 Å². The normalized spacial score (nSPS) is 14.1. The first kappa shape index (κ1) is 26.2. The van der Waals surface area contributed by atoms with E-state index in [0.717, 1.165) is 17.7 Å². The second-order valence-corrected chi connectivity index (χ2v) is 9.79. The molecule has 0 aliphatic rings. The molecule has 0 saturated heterocycles. The van der Waals surface area contributed by atoms with E-state index in [4.69, 9.17) is 4.74 Å². The predicted molar refractivity (Wildman–Crippen MR) is 128 cm³/mol. The number of nitrogens with zero attached hydrogens (tertiary/aromatic N) is 1. The fourth-order valence-electron chi connectivity index (χ4n) is 2.19. The van der Waals surface area contributed by atoms with Gasteiger partial charge in [-0.1, -0.05) is 19.1 Å². The minimum atomic E-state index is -0.875. The van der Waals surface area contributed by atoms with Crippen LogP contribution in [0.25, 0.3) is 0 Å². The van der Waals surface area contributed by atoms with Crippen molar-refractivity contribution >= 4 is 40.7 Å². The summed E-state index contributed by atoms with van der Waals surface area (Å²) in [6.45, 7) is 13.5. The van der Waals surface area contributed by atoms with Gasteiger partial charge in [-0.05, 0) is 52.7 Å². The van der Waals surface area contributed by atoms with Crippen LogP contribution in [0.3, 0.4) is 0 Å². The topological polar surface area (TPSA) is 62.7 Å². The molecule has 2 atom stereocenters. The fraction of sp³-hybridized carbons (Fsp3) is 0.650. The molecule has 0 aliphatic carbocycles. The van der Waals surface area contributed by atoms with Crippen LogP contribution in [0.2, 0.25) is 0 Å². The first-order valence-electron chi connectivity index (χ1n) is 9.26. The smallest absolute Gasteiger partial charge is 0.191 e. The largest absolute Gasteiger partial charge is 0.490 e. The predicted octanol–water partition coefficient (Wildman–Crippen LogP) is 4.00. The SMILES string of the molecule is CCC(C)Oc1cc(C)ccc1CNC(=NC)NCCS(=O)C(C)(C)C.I. The number of halogens is 1. The average molecular weight is 509 g/mol. The average Bonchev–Trinajstić information content (AvgIpc) is 2.58. The van der Waals surface area contributed by atoms with Gasteiger partial charge in [0.25, 0.3) is 0 Å². The molecule has 1 aromatic carbocycles. The van der Waals surface area contributed by atoms with Crippen LogP contribution in [0.4, 0.5) is 0 Å². The zero-order chi connectivity index (χ0) is 19.7. The first-order valence-corrected chi connectivity index (χ1v) is 10.6. The van der Waals surface area contributed by atoms with Crippen molar-refractivity contribution in [2.24, 2.45) is 4.99 Å². The van der Waals surface area contributed by atoms with Crippen LogP contribution in [0.1, 0.15) is 52.2 Å². The van der Waals surface area contributed by atoms with Crippen LogP contribution in [0.15, 0.2) is 23.2 Å². The van der Waals surface area contributed by atoms with E-state index in [1.54, 1.807) is 7.05 Å². The van der Waals surface area contributed by atoms with Crippen LogP contribution in [-0.4, -0.2) is 40.4 Å². The van der Waals surface area contributed by atoms with Crippen molar-refractivity contribution in [3.8, 4) is 5.75 Å². The van der Waals surface area contributed by atoms with Crippen LogP contribution >= 0.6 is 24.0 Å². The Hall–Kier alpha value is -0.830. The number of rotatable bonds is 8. The molecule has 156 valence electrons. The third-order valence-corrected chi connectivity index (χ3v) is 6.00. The molecule has 0 spiro atoms. The van der Waals surface area contributed by atoms with Crippen molar-refractivity contribution in [2.45, 2.75) is 65.4 Å². The molecule has 27 heavy (non-hydrogen) atoms. The molecule has 0 saturated carbocycles. The van der Waals surface area contributed by atoms with Crippen LogP contribution in [0.5, 0.6) is 5.75 Å². The van der Waals surface area contributed by atoms with Gasteiger partial charge in [0.05, 0.1) is 6.10 Å². The summed E-state index contributed by atoms with van der Waals surface area (Å²) in [7, 11) is 0.863. The molecule has 0 aliphatic heterocycles. The third kappa shape index (κ3) is 9.78. The Balaban J connectivity index is 0.00000676. The van der Waals surface area contributed by atoms with Crippen molar-refractivity contribution in [2.75, 3.05) is 19.3 Å². The highest BCUT2D eigenvalue weighted by molar-refractivity contribution is 14.0. The number of guanidine groups is 1. The summed E-state index contributed by atoms with van der Waals surface area (Å²) in [6.07, 6.45) is 1.15. The number of hydrogen-bond donors (Lipinski definition) is 2. The van der Waals surface area contributed by atoms with E-state index in [-0.39, 0.29) is 34.8 Å². The van der Waals surface area contributed by atoms with E-state index >= 15 is 0 Å². The highest BCUT2D eigenvalue weighted by Gasteiger charge is 2.18. The van der Waals surface area contributed by atoms with Gasteiger partial charge in [0.2, 0.25) is 0 Å². The lowest BCUT2D eigenvalue weighted by Gasteiger charge is -2.19. The van der Waals surface area contributed by atoms with Gasteiger partial charge in [-0.25, -0.2) is 0 Å². The molecule has 1 rings (SSSR count). The molecular formula is C20H36IN3O2S. The van der Waals surface area contributed by atoms with Crippen LogP contribution in [-0.2, 0) is 17.3 Å². The van der Waals surface area contributed by atoms with E-state index in [2.05, 4.69) is 54.6 Å². The Morgan fingerprint density at radius 2 is 1.96 bits per heavy atom. The van der Waals surface area contributed by atoms with Crippen LogP contribution in [0, 0.1) is 6.92 Å². The maximum atomic E-state index is 12.1. The molecule has 5 nitrogen and oxygen atoms in total. The number of aliphatic imine (C=N–C) groups is 1. The number of ether oxygens (including phenoxy) is 1. The minimum absolute atomic E-state index is 0. The van der Waals surface area contributed by atoms with Gasteiger partial charge in [0.1, 0.15) is 5.75 Å². The van der Waals surface area contributed by atoms with Gasteiger partial charge >= 0.3 is 0 Å². The molecule has 0 heterocycles. The van der Waals surface area contributed by atoms with Crippen molar-refractivity contribution < 1.29 is 8.95 Å². The highest BCUT2D eigenvalue weighted by atomic mass is 127. The zero-order valence-electron chi connectivity index (χ0n) is 17.7. The lowest BCUT2D eigenvalue weighted by Crippen LogP contribution is -2.40. The number of benzene rings is 1. The monoisotopic (exact) mass is 509 g/mol.